The van der Waals surface area contributed by atoms with Gasteiger partial charge in [0.1, 0.15) is 0 Å². The van der Waals surface area contributed by atoms with Crippen molar-refractivity contribution in [2.45, 2.75) is 4.90 Å². The molecule has 0 amide bonds. The van der Waals surface area contributed by atoms with Crippen molar-refractivity contribution in [2.24, 2.45) is 0 Å². The molecule has 13 heavy (non-hydrogen) atoms. The highest BCUT2D eigenvalue weighted by molar-refractivity contribution is 7.91. The molecule has 0 saturated heterocycles. The van der Waals surface area contributed by atoms with E-state index in [1.54, 1.807) is 12.1 Å². The normalized spacial score (nSPS) is 11.5. The van der Waals surface area contributed by atoms with E-state index in [9.17, 15) is 8.42 Å². The third-order valence-electron chi connectivity index (χ3n) is 1.52. The van der Waals surface area contributed by atoms with E-state index in [4.69, 9.17) is 23.2 Å². The van der Waals surface area contributed by atoms with Gasteiger partial charge in [0.15, 0.2) is 9.84 Å². The standard InChI is InChI=1S/C8H8Cl2O2S/c9-5-6-13(11,12)8-3-1-7(10)2-4-8/h1-4H,5-6H2. The van der Waals surface area contributed by atoms with Crippen LogP contribution in [-0.4, -0.2) is 20.1 Å². The zero-order valence-corrected chi connectivity index (χ0v) is 9.03. The zero-order chi connectivity index (χ0) is 9.90. The van der Waals surface area contributed by atoms with Crippen LogP contribution in [0.3, 0.4) is 0 Å². The molecule has 0 heterocycles. The second kappa shape index (κ2) is 4.31. The number of benzene rings is 1. The monoisotopic (exact) mass is 238 g/mol. The van der Waals surface area contributed by atoms with Crippen LogP contribution in [0, 0.1) is 0 Å². The average molecular weight is 239 g/mol. The second-order valence-corrected chi connectivity index (χ2v) is 5.39. The first-order valence-electron chi connectivity index (χ1n) is 3.60. The summed E-state index contributed by atoms with van der Waals surface area (Å²) in [4.78, 5) is 0.262. The minimum Gasteiger partial charge on any atom is -0.224 e. The highest BCUT2D eigenvalue weighted by Gasteiger charge is 2.12. The molecule has 72 valence electrons. The largest absolute Gasteiger partial charge is 0.224 e. The van der Waals surface area contributed by atoms with E-state index in [0.717, 1.165) is 0 Å². The van der Waals surface area contributed by atoms with Crippen molar-refractivity contribution in [1.82, 2.24) is 0 Å². The van der Waals surface area contributed by atoms with Crippen LogP contribution in [0.2, 0.25) is 5.02 Å². The Bertz CT molecular complexity index is 370. The van der Waals surface area contributed by atoms with Gasteiger partial charge < -0.3 is 0 Å². The molecule has 2 nitrogen and oxygen atoms in total. The fraction of sp³-hybridized carbons (Fsp3) is 0.250. The second-order valence-electron chi connectivity index (χ2n) is 2.46. The van der Waals surface area contributed by atoms with Crippen molar-refractivity contribution in [3.05, 3.63) is 29.3 Å². The molecule has 0 fully saturated rings. The molecular formula is C8H8Cl2O2S. The van der Waals surface area contributed by atoms with Crippen LogP contribution in [0.25, 0.3) is 0 Å². The van der Waals surface area contributed by atoms with Gasteiger partial charge in [-0.25, -0.2) is 8.42 Å². The van der Waals surface area contributed by atoms with Gasteiger partial charge in [0.2, 0.25) is 0 Å². The molecule has 0 saturated carbocycles. The predicted molar refractivity (Wildman–Crippen MR) is 54.2 cm³/mol. The highest BCUT2D eigenvalue weighted by atomic mass is 35.5. The molecule has 0 bridgehead atoms. The maximum atomic E-state index is 11.4. The lowest BCUT2D eigenvalue weighted by atomic mass is 10.4. The van der Waals surface area contributed by atoms with E-state index in [1.807, 2.05) is 0 Å². The van der Waals surface area contributed by atoms with Crippen LogP contribution < -0.4 is 0 Å². The Labute approximate surface area is 87.4 Å². The molecular weight excluding hydrogens is 231 g/mol. The lowest BCUT2D eigenvalue weighted by molar-refractivity contribution is 0.597. The summed E-state index contributed by atoms with van der Waals surface area (Å²) in [5.41, 5.74) is 0. The number of halogens is 2. The minimum absolute atomic E-state index is 0.0454. The van der Waals surface area contributed by atoms with Gasteiger partial charge >= 0.3 is 0 Å². The SMILES string of the molecule is O=S(=O)(CCCl)c1ccc(Cl)cc1. The predicted octanol–water partition coefficient (Wildman–Crippen LogP) is 2.35. The fourth-order valence-corrected chi connectivity index (χ4v) is 2.59. The summed E-state index contributed by atoms with van der Waals surface area (Å²) in [7, 11) is -3.22. The number of alkyl halides is 1. The van der Waals surface area contributed by atoms with Crippen molar-refractivity contribution >= 4 is 33.0 Å². The van der Waals surface area contributed by atoms with Crippen molar-refractivity contribution in [2.75, 3.05) is 11.6 Å². The molecule has 0 aliphatic heterocycles. The summed E-state index contributed by atoms with van der Waals surface area (Å²) >= 11 is 11.0. The molecule has 1 rings (SSSR count). The third-order valence-corrected chi connectivity index (χ3v) is 3.92. The molecule has 0 aliphatic rings. The number of rotatable bonds is 3. The van der Waals surface area contributed by atoms with Crippen LogP contribution in [0.1, 0.15) is 0 Å². The van der Waals surface area contributed by atoms with Gasteiger partial charge in [0, 0.05) is 10.9 Å². The Morgan fingerprint density at radius 2 is 1.69 bits per heavy atom. The highest BCUT2D eigenvalue weighted by Crippen LogP contribution is 2.15. The molecule has 0 aromatic heterocycles. The lowest BCUT2D eigenvalue weighted by Crippen LogP contribution is -2.07. The molecule has 5 heteroatoms. The topological polar surface area (TPSA) is 34.1 Å². The van der Waals surface area contributed by atoms with Crippen molar-refractivity contribution < 1.29 is 8.42 Å². The van der Waals surface area contributed by atoms with E-state index in [0.29, 0.717) is 5.02 Å². The molecule has 1 aromatic rings. The van der Waals surface area contributed by atoms with Gasteiger partial charge in [0.25, 0.3) is 0 Å². The Morgan fingerprint density at radius 3 is 2.15 bits per heavy atom. The Morgan fingerprint density at radius 1 is 1.15 bits per heavy atom. The van der Waals surface area contributed by atoms with E-state index >= 15 is 0 Å². The van der Waals surface area contributed by atoms with Gasteiger partial charge in [-0.1, -0.05) is 11.6 Å². The molecule has 0 N–H and O–H groups in total. The average Bonchev–Trinajstić information content (AvgIpc) is 2.05. The molecule has 0 unspecified atom stereocenters. The zero-order valence-electron chi connectivity index (χ0n) is 6.70. The third kappa shape index (κ3) is 2.86. The summed E-state index contributed by atoms with van der Waals surface area (Å²) in [6, 6.07) is 6.04. The van der Waals surface area contributed by atoms with Crippen LogP contribution >= 0.6 is 23.2 Å². The molecule has 0 atom stereocenters. The Kier molecular flexibility index (Phi) is 3.59. The van der Waals surface area contributed by atoms with Crippen molar-refractivity contribution in [3.8, 4) is 0 Å². The molecule has 0 spiro atoms. The summed E-state index contributed by atoms with van der Waals surface area (Å²) in [5.74, 6) is 0.0567. The van der Waals surface area contributed by atoms with Gasteiger partial charge in [-0.3, -0.25) is 0 Å². The summed E-state index contributed by atoms with van der Waals surface area (Å²) in [6.07, 6.45) is 0. The van der Waals surface area contributed by atoms with Gasteiger partial charge in [-0.05, 0) is 24.3 Å². The molecule has 0 radical (unpaired) electrons. The fourth-order valence-electron chi connectivity index (χ4n) is 0.861. The quantitative estimate of drug-likeness (QED) is 0.758. The maximum Gasteiger partial charge on any atom is 0.179 e. The van der Waals surface area contributed by atoms with Crippen LogP contribution in [0.5, 0.6) is 0 Å². The number of sulfone groups is 1. The first-order valence-corrected chi connectivity index (χ1v) is 6.17. The number of hydrogen-bond acceptors (Lipinski definition) is 2. The van der Waals surface area contributed by atoms with Crippen molar-refractivity contribution in [3.63, 3.8) is 0 Å². The van der Waals surface area contributed by atoms with Gasteiger partial charge in [0.05, 0.1) is 10.6 Å². The minimum atomic E-state index is -3.22. The van der Waals surface area contributed by atoms with Crippen molar-refractivity contribution in [1.29, 1.82) is 0 Å². The van der Waals surface area contributed by atoms with E-state index in [1.165, 1.54) is 12.1 Å². The maximum absolute atomic E-state index is 11.4. The first kappa shape index (κ1) is 10.8. The van der Waals surface area contributed by atoms with Crippen LogP contribution in [0.4, 0.5) is 0 Å². The van der Waals surface area contributed by atoms with Gasteiger partial charge in [-0.15, -0.1) is 11.6 Å². The van der Waals surface area contributed by atoms with E-state index in [-0.39, 0.29) is 16.5 Å². The lowest BCUT2D eigenvalue weighted by Gasteiger charge is -2.01. The van der Waals surface area contributed by atoms with E-state index < -0.39 is 9.84 Å². The summed E-state index contributed by atoms with van der Waals surface area (Å²) in [5, 5.41) is 0.518. The van der Waals surface area contributed by atoms with Crippen LogP contribution in [0.15, 0.2) is 29.2 Å². The first-order chi connectivity index (χ1) is 6.06. The Hall–Kier alpha value is -0.250. The smallest absolute Gasteiger partial charge is 0.179 e. The Balaban J connectivity index is 3.02. The molecule has 1 aromatic carbocycles. The van der Waals surface area contributed by atoms with E-state index in [2.05, 4.69) is 0 Å². The van der Waals surface area contributed by atoms with Gasteiger partial charge in [-0.2, -0.15) is 0 Å². The van der Waals surface area contributed by atoms with Crippen LogP contribution in [-0.2, 0) is 9.84 Å². The summed E-state index contributed by atoms with van der Waals surface area (Å²) in [6.45, 7) is 0. The summed E-state index contributed by atoms with van der Waals surface area (Å²) < 4.78 is 22.8. The molecule has 0 aliphatic carbocycles. The number of hydrogen-bond donors (Lipinski definition) is 0.